The molecule has 0 amide bonds. The topological polar surface area (TPSA) is 616 Å². The van der Waals surface area contributed by atoms with E-state index in [0.717, 1.165) is 0 Å². The summed E-state index contributed by atoms with van der Waals surface area (Å²) in [5.41, 5.74) is 0.0874. The van der Waals surface area contributed by atoms with Gasteiger partial charge in [0.2, 0.25) is 8.32 Å². The minimum atomic E-state index is -4.79. The van der Waals surface area contributed by atoms with E-state index >= 15 is 0 Å². The molecule has 0 heterocycles. The lowest BCUT2D eigenvalue weighted by molar-refractivity contribution is -0.138. The quantitative estimate of drug-likeness (QED) is 0.0238. The number of ether oxygens (including phenoxy) is 1. The molecular formula is C9H18O37Si35. The van der Waals surface area contributed by atoms with Crippen LogP contribution in [0.2, 0.25) is 19.1 Å². The summed E-state index contributed by atoms with van der Waals surface area (Å²) in [6, 6.07) is 0.111. The van der Waals surface area contributed by atoms with Crippen molar-refractivity contribution in [3.63, 3.8) is 0 Å². The molecule has 0 aliphatic heterocycles. The highest BCUT2D eigenvalue weighted by Crippen LogP contribution is 2.14. The number of rotatable bonds is 40. The SMILES string of the molecule is C=C(C)C(=O)OCCC[Si](C)(C)O[Si](=O)[Si](=O)[Si](=O)[Si](=O)[Si](=O)[Si](=O)[Si](=O)[Si](=O)[Si](=O)[Si](=O)[Si](=O)[Si](=O)[Si](=O)[Si](=O)[Si](=O)[Si](=O)[Si](=O)[Si](=O)[Si](=O)[Si](=O)[Si](=O)[Si](=O)[Si](=O)[Si](=O)[Si](=O)[Si](=O)[Si](=O)[Si](=O)[Si](=O)[Si](=O)[Si](=O)[Si](=O)[Si](=O)[SiH]=O. The third-order valence-electron chi connectivity index (χ3n) is 8.58. The summed E-state index contributed by atoms with van der Waals surface area (Å²) >= 11 is 0. The summed E-state index contributed by atoms with van der Waals surface area (Å²) in [6.45, 7) is 7.50. The van der Waals surface area contributed by atoms with Crippen LogP contribution >= 0.6 is 0 Å². The van der Waals surface area contributed by atoms with E-state index in [2.05, 4.69) is 6.58 Å². The van der Waals surface area contributed by atoms with E-state index in [1.165, 1.54) is 20.0 Å². The molecule has 0 unspecified atom stereocenters. The van der Waals surface area contributed by atoms with Crippen molar-refractivity contribution in [3.8, 4) is 0 Å². The fourth-order valence-corrected chi connectivity index (χ4v) is 388. The first-order valence-corrected chi connectivity index (χ1v) is 104. The predicted octanol–water partition coefficient (Wildman–Crippen LogP) is -15.1. The lowest BCUT2D eigenvalue weighted by atomic mass is 10.4. The van der Waals surface area contributed by atoms with Gasteiger partial charge in [0.25, 0.3) is 0 Å². The minimum Gasteiger partial charge on any atom is -0.578 e. The molecule has 0 aromatic rings. The van der Waals surface area contributed by atoms with Crippen LogP contribution in [0.4, 0.5) is 0 Å². The van der Waals surface area contributed by atoms with Gasteiger partial charge in [0, 0.05) is 5.57 Å². The van der Waals surface area contributed by atoms with E-state index in [-0.39, 0.29) is 24.6 Å². The third kappa shape index (κ3) is 22.4. The molecule has 0 radical (unpaired) electrons. The molecule has 0 rings (SSSR count). The Labute approximate surface area is 490 Å². The fraction of sp³-hybridized carbons (Fsp3) is 0.667. The van der Waals surface area contributed by atoms with Crippen LogP contribution in [0.5, 0.6) is 0 Å². The van der Waals surface area contributed by atoms with Crippen LogP contribution < -0.4 is 0 Å². The predicted molar refractivity (Wildman–Crippen MR) is 274 cm³/mol. The van der Waals surface area contributed by atoms with Gasteiger partial charge < -0.3 is 161 Å². The summed E-state index contributed by atoms with van der Waals surface area (Å²) in [5, 5.41) is 0. The average Bonchev–Trinajstić information content (AvgIpc) is 3.44. The van der Waals surface area contributed by atoms with Crippen LogP contribution in [0.15, 0.2) is 12.2 Å². The summed E-state index contributed by atoms with van der Waals surface area (Å²) in [6.07, 6.45) is 0.141. The Morgan fingerprint density at radius 2 is 0.506 bits per heavy atom. The summed E-state index contributed by atoms with van der Waals surface area (Å²) in [5.74, 6) is -0.719. The van der Waals surface area contributed by atoms with Gasteiger partial charge in [0.15, 0.2) is 0 Å². The molecule has 0 bridgehead atoms. The van der Waals surface area contributed by atoms with Gasteiger partial charge in [0.1, 0.15) is 0 Å². The second kappa shape index (κ2) is 36.3. The van der Waals surface area contributed by atoms with Gasteiger partial charge in [-0.05, 0) is 32.5 Å². The van der Waals surface area contributed by atoms with E-state index in [9.17, 15) is 157 Å². The molecule has 37 nitrogen and oxygen atoms in total. The maximum absolute atomic E-state index is 12.8. The fourth-order valence-electron chi connectivity index (χ4n) is 4.38. The number of hydrogen-bond donors (Lipinski definition) is 0. The Morgan fingerprint density at radius 1 is 0.333 bits per heavy atom. The zero-order valence-electron chi connectivity index (χ0n) is 39.5. The van der Waals surface area contributed by atoms with E-state index in [1.807, 2.05) is 0 Å². The molecule has 0 aliphatic rings. The largest absolute Gasteiger partial charge is 0.578 e. The van der Waals surface area contributed by atoms with Crippen molar-refractivity contribution in [1.82, 2.24) is 0 Å². The van der Waals surface area contributed by atoms with Crippen LogP contribution in [-0.4, -0.2) is 285 Å². The zero-order chi connectivity index (χ0) is 63.9. The summed E-state index contributed by atoms with van der Waals surface area (Å²) < 4.78 is 437. The van der Waals surface area contributed by atoms with Gasteiger partial charge in [-0.2, -0.15) is 0 Å². The van der Waals surface area contributed by atoms with E-state index in [0.29, 0.717) is 0 Å². The van der Waals surface area contributed by atoms with Crippen LogP contribution in [0.25, 0.3) is 0 Å². The first kappa shape index (κ1) is 80.8. The van der Waals surface area contributed by atoms with E-state index in [4.69, 9.17) is 8.85 Å². The monoisotopic (exact) mass is 1700 g/mol. The molecule has 0 atom stereocenters. The van der Waals surface area contributed by atoms with Gasteiger partial charge in [0.05, 0.1) is 6.61 Å². The average molecular weight is 1700 g/mol. The van der Waals surface area contributed by atoms with Gasteiger partial charge in [-0.15, -0.1) is 0 Å². The number of hydrogen-bond acceptors (Lipinski definition) is 37. The van der Waals surface area contributed by atoms with Crippen LogP contribution in [0, 0.1) is 0 Å². The lowest BCUT2D eigenvalue weighted by Crippen LogP contribution is -2.58. The molecule has 0 N–H and O–H groups in total. The molecule has 416 valence electrons. The maximum Gasteiger partial charge on any atom is 0.532 e. The minimum absolute atomic E-state index is 0.0874. The Kier molecular flexibility index (Phi) is 36.2. The first-order chi connectivity index (χ1) is 36.9. The molecular weight excluding hydrogens is 1680 g/mol. The second-order valence-corrected chi connectivity index (χ2v) is 179. The summed E-state index contributed by atoms with van der Waals surface area (Å²) in [7, 11) is -155. The van der Waals surface area contributed by atoms with Gasteiger partial charge in [-0.1, -0.05) is 6.58 Å². The standard InChI is InChI=1S/C9H18O37Si35/c1-8(2)9(10)45-6-5-7-81(3,4)46-48(12)50(14)52(16)54(18)56(20)58(22)60(24)62(26)64(28)66(30)68(32)70(34)72(36)74(38)76(40)78(42)80(44)79(43)77(41)75(39)73(37)71(35)69(33)67(31)65(29)63(27)61(25)59(23)57(21)55(19)53(17)51(15)49(13)47-11/h47H,1,5-7H2,2-4H3. The Bertz CT molecular complexity index is 3460. The zero-order valence-corrected chi connectivity index (χ0v) is 74.7. The number of carbonyl (C=O) groups is 1. The maximum atomic E-state index is 12.8. The van der Waals surface area contributed by atoms with Crippen molar-refractivity contribution in [2.24, 2.45) is 0 Å². The lowest BCUT2D eigenvalue weighted by Gasteiger charge is -2.22. The first-order valence-electron chi connectivity index (χ1n) is 19.8. The van der Waals surface area contributed by atoms with Crippen molar-refractivity contribution in [2.75, 3.05) is 6.61 Å². The molecule has 0 fully saturated rings. The molecule has 0 aliphatic carbocycles. The molecule has 0 saturated heterocycles. The van der Waals surface area contributed by atoms with Crippen LogP contribution in [-0.2, 0) is 165 Å². The molecule has 0 aromatic carbocycles. The van der Waals surface area contributed by atoms with Crippen molar-refractivity contribution in [1.29, 1.82) is 0 Å². The van der Waals surface area contributed by atoms with Gasteiger partial charge in [-0.25, -0.2) is 4.79 Å². The Morgan fingerprint density at radius 3 is 0.679 bits per heavy atom. The Balaban J connectivity index is 5.86. The molecule has 72 heteroatoms. The highest BCUT2D eigenvalue weighted by atomic mass is 30.1. The van der Waals surface area contributed by atoms with E-state index in [1.54, 1.807) is 0 Å². The van der Waals surface area contributed by atoms with Gasteiger partial charge >= 0.3 is 270 Å². The molecule has 0 saturated carbocycles. The molecule has 0 aromatic heterocycles. The van der Waals surface area contributed by atoms with Crippen molar-refractivity contribution in [2.45, 2.75) is 32.5 Å². The normalized spacial score (nSPS) is 10.1. The smallest absolute Gasteiger partial charge is 0.532 e. The highest BCUT2D eigenvalue weighted by molar-refractivity contribution is 7.85. The number of carbonyl (C=O) groups excluding carboxylic acids is 1. The van der Waals surface area contributed by atoms with E-state index < -0.39 is 279 Å². The van der Waals surface area contributed by atoms with Crippen molar-refractivity contribution in [3.05, 3.63) is 12.2 Å². The Hall–Kier alpha value is -0.199. The third-order valence-corrected chi connectivity index (χ3v) is 268. The number of esters is 1. The van der Waals surface area contributed by atoms with Crippen LogP contribution in [0.1, 0.15) is 13.3 Å². The molecule has 81 heavy (non-hydrogen) atoms. The molecule has 0 spiro atoms. The highest BCUT2D eigenvalue weighted by Gasteiger charge is 2.59. The van der Waals surface area contributed by atoms with Crippen molar-refractivity contribution < 1.29 is 165 Å². The second-order valence-electron chi connectivity index (χ2n) is 14.9. The summed E-state index contributed by atoms with van der Waals surface area (Å²) in [4.78, 5) is 11.5. The van der Waals surface area contributed by atoms with Crippen molar-refractivity contribution >= 4 is 279 Å². The van der Waals surface area contributed by atoms with Crippen LogP contribution in [0.3, 0.4) is 0 Å². The van der Waals surface area contributed by atoms with Gasteiger partial charge in [-0.3, -0.25) is 0 Å².